The number of aromatic hydroxyl groups is 1. The van der Waals surface area contributed by atoms with Crippen molar-refractivity contribution in [3.8, 4) is 5.75 Å². The van der Waals surface area contributed by atoms with Crippen molar-refractivity contribution in [3.05, 3.63) is 41.5 Å². The van der Waals surface area contributed by atoms with Crippen molar-refractivity contribution in [2.45, 2.75) is 45.6 Å². The third kappa shape index (κ3) is 2.53. The predicted molar refractivity (Wildman–Crippen MR) is 88.8 cm³/mol. The van der Waals surface area contributed by atoms with Crippen LogP contribution in [0.3, 0.4) is 0 Å². The molecule has 0 aromatic heterocycles. The molecule has 112 valence electrons. The molecular weight excluding hydrogens is 258 g/mol. The Morgan fingerprint density at radius 1 is 1.10 bits per heavy atom. The summed E-state index contributed by atoms with van der Waals surface area (Å²) in [5.74, 6) is 0.464. The van der Waals surface area contributed by atoms with Crippen molar-refractivity contribution >= 4 is 10.8 Å². The molecule has 1 aliphatic carbocycles. The van der Waals surface area contributed by atoms with Gasteiger partial charge in [-0.2, -0.15) is 0 Å². The monoisotopic (exact) mass is 283 g/mol. The summed E-state index contributed by atoms with van der Waals surface area (Å²) < 4.78 is 0. The molecule has 0 saturated heterocycles. The van der Waals surface area contributed by atoms with Gasteiger partial charge in [0.15, 0.2) is 0 Å². The Bertz CT molecular complexity index is 629. The van der Waals surface area contributed by atoms with Crippen molar-refractivity contribution in [1.82, 2.24) is 4.90 Å². The molecule has 0 amide bonds. The number of phenolic OH excluding ortho intramolecular Hbond substituents is 1. The Balaban J connectivity index is 2.10. The van der Waals surface area contributed by atoms with Gasteiger partial charge < -0.3 is 5.11 Å². The third-order valence-electron chi connectivity index (χ3n) is 4.65. The molecular formula is C19H25NO. The highest BCUT2D eigenvalue weighted by Crippen LogP contribution is 2.41. The second-order valence-corrected chi connectivity index (χ2v) is 6.10. The van der Waals surface area contributed by atoms with Crippen LogP contribution in [0.5, 0.6) is 5.75 Å². The fourth-order valence-corrected chi connectivity index (χ4v) is 3.82. The lowest BCUT2D eigenvalue weighted by Crippen LogP contribution is -2.32. The molecule has 1 unspecified atom stereocenters. The molecule has 0 heterocycles. The second-order valence-electron chi connectivity index (χ2n) is 6.10. The molecule has 1 N–H and O–H groups in total. The van der Waals surface area contributed by atoms with Crippen LogP contribution in [0.4, 0.5) is 0 Å². The van der Waals surface area contributed by atoms with Crippen molar-refractivity contribution in [2.24, 2.45) is 0 Å². The van der Waals surface area contributed by atoms with Crippen LogP contribution >= 0.6 is 0 Å². The Hall–Kier alpha value is -1.54. The Morgan fingerprint density at radius 2 is 1.86 bits per heavy atom. The summed E-state index contributed by atoms with van der Waals surface area (Å²) in [4.78, 5) is 2.63. The Labute approximate surface area is 127 Å². The topological polar surface area (TPSA) is 23.5 Å². The number of phenols is 1. The van der Waals surface area contributed by atoms with E-state index in [1.165, 1.54) is 29.2 Å². The Kier molecular flexibility index (Phi) is 4.16. The van der Waals surface area contributed by atoms with E-state index in [1.54, 1.807) is 0 Å². The molecule has 1 atom stereocenters. The van der Waals surface area contributed by atoms with Crippen molar-refractivity contribution in [3.63, 3.8) is 0 Å². The molecule has 0 aliphatic heterocycles. The standard InChI is InChI=1S/C19H25NO/c1-3-12-20(13-4-2)17-10-9-16-18(21)11-8-14-6-5-7-15(17)19(14)16/h5-8,11,17,21H,3-4,9-10,12-13H2,1-2H3. The van der Waals surface area contributed by atoms with Gasteiger partial charge in [-0.3, -0.25) is 4.90 Å². The fraction of sp³-hybridized carbons (Fsp3) is 0.474. The minimum absolute atomic E-state index is 0.464. The molecule has 2 aromatic rings. The van der Waals surface area contributed by atoms with Gasteiger partial charge in [-0.1, -0.05) is 38.1 Å². The van der Waals surface area contributed by atoms with Gasteiger partial charge in [0, 0.05) is 11.6 Å². The average Bonchev–Trinajstić information content (AvgIpc) is 2.51. The zero-order valence-electron chi connectivity index (χ0n) is 13.1. The molecule has 2 aromatic carbocycles. The highest BCUT2D eigenvalue weighted by atomic mass is 16.3. The molecule has 21 heavy (non-hydrogen) atoms. The van der Waals surface area contributed by atoms with E-state index in [1.807, 2.05) is 12.1 Å². The Morgan fingerprint density at radius 3 is 2.57 bits per heavy atom. The summed E-state index contributed by atoms with van der Waals surface area (Å²) in [7, 11) is 0. The lowest BCUT2D eigenvalue weighted by atomic mass is 9.84. The van der Waals surface area contributed by atoms with Crippen LogP contribution in [0.15, 0.2) is 30.3 Å². The molecule has 0 bridgehead atoms. The number of hydrogen-bond acceptors (Lipinski definition) is 2. The second kappa shape index (κ2) is 6.07. The van der Waals surface area contributed by atoms with E-state index < -0.39 is 0 Å². The first-order valence-electron chi connectivity index (χ1n) is 8.23. The molecule has 2 nitrogen and oxygen atoms in total. The van der Waals surface area contributed by atoms with Gasteiger partial charge in [-0.15, -0.1) is 0 Å². The van der Waals surface area contributed by atoms with Gasteiger partial charge in [0.05, 0.1) is 0 Å². The molecule has 1 aliphatic rings. The van der Waals surface area contributed by atoms with Crippen LogP contribution in [0, 0.1) is 0 Å². The molecule has 0 fully saturated rings. The quantitative estimate of drug-likeness (QED) is 0.863. The number of nitrogens with zero attached hydrogens (tertiary/aromatic N) is 1. The van der Waals surface area contributed by atoms with Crippen LogP contribution in [0.1, 0.15) is 50.3 Å². The molecule has 2 heteroatoms. The van der Waals surface area contributed by atoms with Gasteiger partial charge in [0.25, 0.3) is 0 Å². The van der Waals surface area contributed by atoms with Crippen LogP contribution in [-0.4, -0.2) is 23.1 Å². The zero-order valence-corrected chi connectivity index (χ0v) is 13.1. The van der Waals surface area contributed by atoms with E-state index in [2.05, 4.69) is 36.9 Å². The van der Waals surface area contributed by atoms with Gasteiger partial charge in [0.1, 0.15) is 5.75 Å². The van der Waals surface area contributed by atoms with Crippen molar-refractivity contribution < 1.29 is 5.11 Å². The number of aryl methyl sites for hydroxylation is 1. The SMILES string of the molecule is CCCN(CCC)C1CCc2c(O)ccc3cccc1c23. The molecule has 0 saturated carbocycles. The molecule has 0 spiro atoms. The number of rotatable bonds is 5. The molecule has 3 rings (SSSR count). The minimum atomic E-state index is 0.464. The maximum Gasteiger partial charge on any atom is 0.119 e. The number of benzene rings is 2. The van der Waals surface area contributed by atoms with Gasteiger partial charge in [-0.25, -0.2) is 0 Å². The van der Waals surface area contributed by atoms with Crippen molar-refractivity contribution in [2.75, 3.05) is 13.1 Å². The van der Waals surface area contributed by atoms with E-state index in [0.29, 0.717) is 11.8 Å². The highest BCUT2D eigenvalue weighted by molar-refractivity contribution is 5.91. The van der Waals surface area contributed by atoms with E-state index in [-0.39, 0.29) is 0 Å². The normalized spacial score (nSPS) is 17.6. The lowest BCUT2D eigenvalue weighted by Gasteiger charge is -2.35. The van der Waals surface area contributed by atoms with Gasteiger partial charge in [0.2, 0.25) is 0 Å². The minimum Gasteiger partial charge on any atom is -0.508 e. The van der Waals surface area contributed by atoms with E-state index in [0.717, 1.165) is 31.5 Å². The predicted octanol–water partition coefficient (Wildman–Crippen LogP) is 4.65. The first-order chi connectivity index (χ1) is 10.3. The summed E-state index contributed by atoms with van der Waals surface area (Å²) in [5, 5.41) is 12.7. The summed E-state index contributed by atoms with van der Waals surface area (Å²) in [6, 6.07) is 11.0. The van der Waals surface area contributed by atoms with Gasteiger partial charge in [-0.05, 0) is 61.2 Å². The average molecular weight is 283 g/mol. The smallest absolute Gasteiger partial charge is 0.119 e. The van der Waals surface area contributed by atoms with Crippen LogP contribution in [0.25, 0.3) is 10.8 Å². The maximum atomic E-state index is 10.2. The zero-order chi connectivity index (χ0) is 14.8. The first kappa shape index (κ1) is 14.4. The summed E-state index contributed by atoms with van der Waals surface area (Å²) in [5.41, 5.74) is 2.55. The fourth-order valence-electron chi connectivity index (χ4n) is 3.82. The highest BCUT2D eigenvalue weighted by Gasteiger charge is 2.27. The first-order valence-corrected chi connectivity index (χ1v) is 8.23. The van der Waals surface area contributed by atoms with Crippen LogP contribution in [0.2, 0.25) is 0 Å². The maximum absolute atomic E-state index is 10.2. The van der Waals surface area contributed by atoms with Crippen LogP contribution < -0.4 is 0 Å². The number of hydrogen-bond donors (Lipinski definition) is 1. The summed E-state index contributed by atoms with van der Waals surface area (Å²) in [6.07, 6.45) is 4.48. The third-order valence-corrected chi connectivity index (χ3v) is 4.65. The van der Waals surface area contributed by atoms with Gasteiger partial charge >= 0.3 is 0 Å². The largest absolute Gasteiger partial charge is 0.508 e. The van der Waals surface area contributed by atoms with E-state index in [9.17, 15) is 5.11 Å². The summed E-state index contributed by atoms with van der Waals surface area (Å²) >= 11 is 0. The van der Waals surface area contributed by atoms with E-state index in [4.69, 9.17) is 0 Å². The van der Waals surface area contributed by atoms with Crippen molar-refractivity contribution in [1.29, 1.82) is 0 Å². The summed E-state index contributed by atoms with van der Waals surface area (Å²) in [6.45, 7) is 6.82. The molecule has 0 radical (unpaired) electrons. The lowest BCUT2D eigenvalue weighted by molar-refractivity contribution is 0.186. The van der Waals surface area contributed by atoms with Crippen LogP contribution in [-0.2, 0) is 6.42 Å². The van der Waals surface area contributed by atoms with E-state index >= 15 is 0 Å².